The van der Waals surface area contributed by atoms with E-state index in [1.807, 2.05) is 30.3 Å². The second-order valence-electron chi connectivity index (χ2n) is 5.70. The Labute approximate surface area is 130 Å². The van der Waals surface area contributed by atoms with Crippen LogP contribution in [0, 0.1) is 5.92 Å². The molecule has 0 bridgehead atoms. The zero-order valence-electron chi connectivity index (χ0n) is 11.9. The van der Waals surface area contributed by atoms with Crippen LogP contribution in [0.2, 0.25) is 0 Å². The molecule has 112 valence electrons. The first-order chi connectivity index (χ1) is 9.98. The average molecular weight is 324 g/mol. The Morgan fingerprint density at radius 2 is 1.81 bits per heavy atom. The molecule has 0 saturated heterocycles. The van der Waals surface area contributed by atoms with E-state index in [-0.39, 0.29) is 5.38 Å². The summed E-state index contributed by atoms with van der Waals surface area (Å²) in [5.74, 6) is 0.377. The molecule has 1 saturated carbocycles. The summed E-state index contributed by atoms with van der Waals surface area (Å²) < 4.78 is 27.1. The molecule has 2 aromatic rings. The zero-order valence-corrected chi connectivity index (χ0v) is 13.4. The topological polar surface area (TPSA) is 37.4 Å². The van der Waals surface area contributed by atoms with Crippen molar-refractivity contribution in [3.8, 4) is 0 Å². The third-order valence-corrected chi connectivity index (χ3v) is 6.37. The third kappa shape index (κ3) is 2.80. The molecule has 5 heteroatoms. The largest absolute Gasteiger partial charge is 0.243 e. The minimum absolute atomic E-state index is 0.212. The zero-order chi connectivity index (χ0) is 15.0. The quantitative estimate of drug-likeness (QED) is 0.808. The highest BCUT2D eigenvalue weighted by Crippen LogP contribution is 2.34. The van der Waals surface area contributed by atoms with Crippen LogP contribution in [0.3, 0.4) is 0 Å². The maximum atomic E-state index is 12.8. The van der Waals surface area contributed by atoms with Crippen LogP contribution >= 0.6 is 11.6 Å². The van der Waals surface area contributed by atoms with Crippen molar-refractivity contribution in [3.63, 3.8) is 0 Å². The van der Waals surface area contributed by atoms with Gasteiger partial charge >= 0.3 is 0 Å². The molecule has 1 aliphatic carbocycles. The molecule has 0 radical (unpaired) electrons. The van der Waals surface area contributed by atoms with Crippen molar-refractivity contribution in [3.05, 3.63) is 42.5 Å². The molecule has 2 aromatic carbocycles. The monoisotopic (exact) mass is 323 g/mol. The standard InChI is InChI=1S/C16H18ClNO2S/c1-18(11-12-9-14(17)10-12)21(19,20)16-8-4-6-13-5-2-3-7-15(13)16/h2-8,12,14H,9-11H2,1H3. The summed E-state index contributed by atoms with van der Waals surface area (Å²) in [4.78, 5) is 0.379. The number of hydrogen-bond donors (Lipinski definition) is 0. The third-order valence-electron chi connectivity index (χ3n) is 4.13. The summed E-state index contributed by atoms with van der Waals surface area (Å²) >= 11 is 5.97. The lowest BCUT2D eigenvalue weighted by Crippen LogP contribution is -2.37. The highest BCUT2D eigenvalue weighted by molar-refractivity contribution is 7.89. The lowest BCUT2D eigenvalue weighted by Gasteiger charge is -2.33. The summed E-state index contributed by atoms with van der Waals surface area (Å²) in [6.07, 6.45) is 1.80. The molecule has 0 aromatic heterocycles. The first-order valence-electron chi connectivity index (χ1n) is 7.06. The minimum atomic E-state index is -3.46. The number of fused-ring (bicyclic) bond motifs is 1. The van der Waals surface area contributed by atoms with Gasteiger partial charge in [-0.25, -0.2) is 12.7 Å². The fourth-order valence-electron chi connectivity index (χ4n) is 2.85. The van der Waals surface area contributed by atoms with Gasteiger partial charge in [0.25, 0.3) is 0 Å². The van der Waals surface area contributed by atoms with Gasteiger partial charge in [0.15, 0.2) is 0 Å². The first-order valence-corrected chi connectivity index (χ1v) is 8.94. The molecule has 0 heterocycles. The number of nitrogens with zero attached hydrogens (tertiary/aromatic N) is 1. The van der Waals surface area contributed by atoms with Gasteiger partial charge in [0.1, 0.15) is 0 Å². The Morgan fingerprint density at radius 3 is 2.52 bits per heavy atom. The fourth-order valence-corrected chi connectivity index (χ4v) is 4.81. The van der Waals surface area contributed by atoms with Gasteiger partial charge in [-0.3, -0.25) is 0 Å². The fraction of sp³-hybridized carbons (Fsp3) is 0.375. The van der Waals surface area contributed by atoms with Crippen LogP contribution < -0.4 is 0 Å². The maximum Gasteiger partial charge on any atom is 0.243 e. The van der Waals surface area contributed by atoms with E-state index in [4.69, 9.17) is 11.6 Å². The molecule has 0 aliphatic heterocycles. The van der Waals surface area contributed by atoms with Crippen molar-refractivity contribution >= 4 is 32.4 Å². The number of benzene rings is 2. The summed E-state index contributed by atoms with van der Waals surface area (Å²) in [6.45, 7) is 0.536. The van der Waals surface area contributed by atoms with Gasteiger partial charge in [0.05, 0.1) is 4.90 Å². The maximum absolute atomic E-state index is 12.8. The average Bonchev–Trinajstić information content (AvgIpc) is 2.44. The number of rotatable bonds is 4. The normalized spacial score (nSPS) is 22.4. The van der Waals surface area contributed by atoms with Gasteiger partial charge in [-0.05, 0) is 30.2 Å². The van der Waals surface area contributed by atoms with E-state index in [1.165, 1.54) is 4.31 Å². The molecule has 0 unspecified atom stereocenters. The summed E-state index contributed by atoms with van der Waals surface area (Å²) in [7, 11) is -1.81. The number of alkyl halides is 1. The summed E-state index contributed by atoms with van der Waals surface area (Å²) in [5, 5.41) is 1.93. The van der Waals surface area contributed by atoms with Crippen molar-refractivity contribution in [1.82, 2.24) is 4.31 Å². The number of halogens is 1. The Balaban J connectivity index is 1.92. The van der Waals surface area contributed by atoms with E-state index in [1.54, 1.807) is 19.2 Å². The lowest BCUT2D eigenvalue weighted by molar-refractivity contribution is 0.268. The van der Waals surface area contributed by atoms with Gasteiger partial charge in [-0.15, -0.1) is 11.6 Å². The number of hydrogen-bond acceptors (Lipinski definition) is 2. The second kappa shape index (κ2) is 5.59. The van der Waals surface area contributed by atoms with Gasteiger partial charge in [-0.1, -0.05) is 36.4 Å². The molecule has 0 N–H and O–H groups in total. The van der Waals surface area contributed by atoms with E-state index in [0.29, 0.717) is 17.4 Å². The molecule has 3 rings (SSSR count). The molecule has 21 heavy (non-hydrogen) atoms. The van der Waals surface area contributed by atoms with E-state index in [9.17, 15) is 8.42 Å². The van der Waals surface area contributed by atoms with Crippen molar-refractivity contribution in [2.45, 2.75) is 23.1 Å². The van der Waals surface area contributed by atoms with Crippen molar-refractivity contribution in [2.24, 2.45) is 5.92 Å². The van der Waals surface area contributed by atoms with Gasteiger partial charge in [0, 0.05) is 24.4 Å². The predicted molar refractivity (Wildman–Crippen MR) is 86.1 cm³/mol. The predicted octanol–water partition coefficient (Wildman–Crippen LogP) is 3.48. The number of sulfonamides is 1. The van der Waals surface area contributed by atoms with E-state index < -0.39 is 10.0 Å². The van der Waals surface area contributed by atoms with Crippen LogP contribution in [0.5, 0.6) is 0 Å². The van der Waals surface area contributed by atoms with Crippen molar-refractivity contribution < 1.29 is 8.42 Å². The lowest BCUT2D eigenvalue weighted by atomic mass is 9.85. The molecular weight excluding hydrogens is 306 g/mol. The molecule has 1 aliphatic rings. The molecule has 0 spiro atoms. The Hall–Kier alpha value is -1.10. The van der Waals surface area contributed by atoms with Gasteiger partial charge in [-0.2, -0.15) is 0 Å². The molecule has 1 fully saturated rings. The van der Waals surface area contributed by atoms with Crippen LogP contribution in [0.4, 0.5) is 0 Å². The van der Waals surface area contributed by atoms with Crippen LogP contribution in [-0.2, 0) is 10.0 Å². The van der Waals surface area contributed by atoms with Crippen LogP contribution in [0.1, 0.15) is 12.8 Å². The SMILES string of the molecule is CN(CC1CC(Cl)C1)S(=O)(=O)c1cccc2ccccc12. The van der Waals surface area contributed by atoms with E-state index in [0.717, 1.165) is 23.6 Å². The summed E-state index contributed by atoms with van der Waals surface area (Å²) in [5.41, 5.74) is 0. The minimum Gasteiger partial charge on any atom is -0.207 e. The molecular formula is C16H18ClNO2S. The summed E-state index contributed by atoms with van der Waals surface area (Å²) in [6, 6.07) is 13.0. The Kier molecular flexibility index (Phi) is 3.95. The van der Waals surface area contributed by atoms with E-state index >= 15 is 0 Å². The van der Waals surface area contributed by atoms with E-state index in [2.05, 4.69) is 0 Å². The second-order valence-corrected chi connectivity index (χ2v) is 8.33. The molecule has 0 atom stereocenters. The Morgan fingerprint density at radius 1 is 1.14 bits per heavy atom. The van der Waals surface area contributed by atoms with Crippen LogP contribution in [-0.4, -0.2) is 31.7 Å². The first kappa shape index (κ1) is 14.8. The van der Waals surface area contributed by atoms with Crippen LogP contribution in [0.25, 0.3) is 10.8 Å². The smallest absolute Gasteiger partial charge is 0.207 e. The van der Waals surface area contributed by atoms with Gasteiger partial charge < -0.3 is 0 Å². The molecule has 3 nitrogen and oxygen atoms in total. The highest BCUT2D eigenvalue weighted by atomic mass is 35.5. The Bertz CT molecular complexity index is 748. The van der Waals surface area contributed by atoms with Crippen molar-refractivity contribution in [2.75, 3.05) is 13.6 Å². The van der Waals surface area contributed by atoms with Crippen molar-refractivity contribution in [1.29, 1.82) is 0 Å². The van der Waals surface area contributed by atoms with Crippen LogP contribution in [0.15, 0.2) is 47.4 Å². The molecule has 0 amide bonds. The van der Waals surface area contributed by atoms with Gasteiger partial charge in [0.2, 0.25) is 10.0 Å². The highest BCUT2D eigenvalue weighted by Gasteiger charge is 2.32.